The highest BCUT2D eigenvalue weighted by Crippen LogP contribution is 2.49. The van der Waals surface area contributed by atoms with Crippen molar-refractivity contribution in [3.05, 3.63) is 58.6 Å². The number of nitrogens with two attached hydrogens (primary N) is 1. The molecule has 1 fully saturated rings. The normalized spacial score (nSPS) is 23.8. The third-order valence-electron chi connectivity index (χ3n) is 6.00. The molecule has 4 rings (SSSR count). The van der Waals surface area contributed by atoms with Gasteiger partial charge in [-0.05, 0) is 50.1 Å². The van der Waals surface area contributed by atoms with Gasteiger partial charge in [0.25, 0.3) is 11.9 Å². The summed E-state index contributed by atoms with van der Waals surface area (Å²) in [7, 11) is 0. The smallest absolute Gasteiger partial charge is 0.283 e. The molecular weight excluding hydrogens is 445 g/mol. The van der Waals surface area contributed by atoms with Crippen molar-refractivity contribution in [2.45, 2.75) is 56.1 Å². The van der Waals surface area contributed by atoms with E-state index in [1.807, 2.05) is 0 Å². The second-order valence-corrected chi connectivity index (χ2v) is 8.99. The lowest BCUT2D eigenvalue weighted by Gasteiger charge is -2.47. The SMILES string of the molecule is CC1(c2cc(NC(=O)c3ccc(Cl)cn3)ccc2F)CC2(CCC(F)(F)CC2)OC(N)=N1. The fourth-order valence-corrected chi connectivity index (χ4v) is 4.53. The minimum atomic E-state index is -2.75. The average molecular weight is 467 g/mol. The fraction of sp³-hybridized carbons (Fsp3) is 0.409. The van der Waals surface area contributed by atoms with Crippen molar-refractivity contribution in [1.82, 2.24) is 4.98 Å². The predicted molar refractivity (Wildman–Crippen MR) is 114 cm³/mol. The number of amides is 1. The van der Waals surface area contributed by atoms with E-state index in [9.17, 15) is 18.0 Å². The number of ether oxygens (including phenoxy) is 1. The number of benzene rings is 1. The number of hydrogen-bond donors (Lipinski definition) is 2. The van der Waals surface area contributed by atoms with Gasteiger partial charge in [0, 0.05) is 36.7 Å². The third-order valence-corrected chi connectivity index (χ3v) is 6.23. The maximum Gasteiger partial charge on any atom is 0.283 e. The summed E-state index contributed by atoms with van der Waals surface area (Å²) in [5.41, 5.74) is 4.46. The first-order chi connectivity index (χ1) is 15.0. The van der Waals surface area contributed by atoms with E-state index < -0.39 is 28.8 Å². The lowest BCUT2D eigenvalue weighted by Crippen LogP contribution is -2.51. The van der Waals surface area contributed by atoms with Gasteiger partial charge in [-0.2, -0.15) is 0 Å². The van der Waals surface area contributed by atoms with Gasteiger partial charge in [0.05, 0.1) is 10.6 Å². The number of nitrogens with one attached hydrogen (secondary N) is 1. The fourth-order valence-electron chi connectivity index (χ4n) is 4.42. The number of aromatic nitrogens is 1. The molecular formula is C22H22ClF3N4O2. The maximum atomic E-state index is 14.9. The molecule has 1 aliphatic carbocycles. The number of rotatable bonds is 3. The first-order valence-corrected chi connectivity index (χ1v) is 10.5. The minimum Gasteiger partial charge on any atom is -0.459 e. The minimum absolute atomic E-state index is 0.0894. The molecule has 1 aromatic carbocycles. The van der Waals surface area contributed by atoms with Gasteiger partial charge >= 0.3 is 0 Å². The number of pyridine rings is 1. The van der Waals surface area contributed by atoms with E-state index in [1.54, 1.807) is 6.92 Å². The highest BCUT2D eigenvalue weighted by Gasteiger charge is 2.51. The van der Waals surface area contributed by atoms with Crippen molar-refractivity contribution < 1.29 is 22.7 Å². The monoisotopic (exact) mass is 466 g/mol. The Morgan fingerprint density at radius 3 is 2.56 bits per heavy atom. The van der Waals surface area contributed by atoms with Crippen LogP contribution in [-0.2, 0) is 10.3 Å². The Morgan fingerprint density at radius 1 is 1.19 bits per heavy atom. The average Bonchev–Trinajstić information content (AvgIpc) is 2.72. The largest absolute Gasteiger partial charge is 0.459 e. The molecule has 32 heavy (non-hydrogen) atoms. The van der Waals surface area contributed by atoms with Crippen LogP contribution < -0.4 is 11.1 Å². The first-order valence-electron chi connectivity index (χ1n) is 10.1. The zero-order valence-corrected chi connectivity index (χ0v) is 18.1. The summed E-state index contributed by atoms with van der Waals surface area (Å²) in [5, 5.41) is 3.06. The van der Waals surface area contributed by atoms with E-state index in [2.05, 4.69) is 15.3 Å². The molecule has 1 aromatic heterocycles. The van der Waals surface area contributed by atoms with E-state index in [-0.39, 0.29) is 49.4 Å². The summed E-state index contributed by atoms with van der Waals surface area (Å²) in [6.45, 7) is 1.68. The Morgan fingerprint density at radius 2 is 1.91 bits per heavy atom. The molecule has 10 heteroatoms. The molecule has 3 N–H and O–H groups in total. The number of carbonyl (C=O) groups excluding carboxylic acids is 1. The van der Waals surface area contributed by atoms with Crippen molar-refractivity contribution in [1.29, 1.82) is 0 Å². The topological polar surface area (TPSA) is 89.6 Å². The summed E-state index contributed by atoms with van der Waals surface area (Å²) in [4.78, 5) is 20.8. The number of aliphatic imine (C=N–C) groups is 1. The molecule has 1 amide bonds. The second-order valence-electron chi connectivity index (χ2n) is 8.55. The van der Waals surface area contributed by atoms with Gasteiger partial charge < -0.3 is 15.8 Å². The van der Waals surface area contributed by atoms with Crippen LogP contribution in [0.15, 0.2) is 41.5 Å². The lowest BCUT2D eigenvalue weighted by atomic mass is 9.72. The Hall–Kier alpha value is -2.81. The molecule has 6 nitrogen and oxygen atoms in total. The molecule has 0 bridgehead atoms. The van der Waals surface area contributed by atoms with Crippen LogP contribution in [0.2, 0.25) is 5.02 Å². The van der Waals surface area contributed by atoms with Crippen molar-refractivity contribution in [3.8, 4) is 0 Å². The van der Waals surface area contributed by atoms with Crippen LogP contribution in [0.1, 0.15) is 55.1 Å². The standard InChI is InChI=1S/C22H22ClF3N4O2/c1-20(12-21(32-19(27)30-20)6-8-22(25,26)9-7-21)15-10-14(3-4-16(15)24)29-18(31)17-5-2-13(23)11-28-17/h2-5,10-11H,6-9,12H2,1H3,(H2,27,30)(H,29,31). The van der Waals surface area contributed by atoms with Gasteiger partial charge in [0.1, 0.15) is 17.1 Å². The summed E-state index contributed by atoms with van der Waals surface area (Å²) in [6, 6.07) is 6.94. The van der Waals surface area contributed by atoms with E-state index in [4.69, 9.17) is 22.1 Å². The molecule has 0 radical (unpaired) electrons. The molecule has 170 valence electrons. The molecule has 2 aromatic rings. The number of hydrogen-bond acceptors (Lipinski definition) is 5. The summed E-state index contributed by atoms with van der Waals surface area (Å²) in [5.74, 6) is -3.80. The van der Waals surface area contributed by atoms with Crippen molar-refractivity contribution in [3.63, 3.8) is 0 Å². The Labute approximate surface area is 188 Å². The molecule has 1 spiro atoms. The van der Waals surface area contributed by atoms with E-state index in [0.717, 1.165) is 0 Å². The predicted octanol–water partition coefficient (Wildman–Crippen LogP) is 5.02. The molecule has 1 aliphatic heterocycles. The lowest BCUT2D eigenvalue weighted by molar-refractivity contribution is -0.112. The van der Waals surface area contributed by atoms with Crippen LogP contribution in [0.4, 0.5) is 18.9 Å². The highest BCUT2D eigenvalue weighted by molar-refractivity contribution is 6.30. The van der Waals surface area contributed by atoms with Gasteiger partial charge in [-0.3, -0.25) is 4.79 Å². The van der Waals surface area contributed by atoms with Crippen LogP contribution in [-0.4, -0.2) is 28.4 Å². The van der Waals surface area contributed by atoms with Crippen LogP contribution in [0.3, 0.4) is 0 Å². The Bertz CT molecular complexity index is 1070. The van der Waals surface area contributed by atoms with Gasteiger partial charge in [-0.15, -0.1) is 0 Å². The summed E-state index contributed by atoms with van der Waals surface area (Å²) >= 11 is 5.79. The third kappa shape index (κ3) is 4.53. The number of halogens is 4. The summed E-state index contributed by atoms with van der Waals surface area (Å²) in [6.07, 6.45) is 1.05. The highest BCUT2D eigenvalue weighted by atomic mass is 35.5. The number of anilines is 1. The zero-order valence-electron chi connectivity index (χ0n) is 17.3. The van der Waals surface area contributed by atoms with Gasteiger partial charge in [-0.25, -0.2) is 23.1 Å². The van der Waals surface area contributed by atoms with Crippen LogP contribution in [0, 0.1) is 5.82 Å². The zero-order chi connectivity index (χ0) is 23.1. The number of carbonyl (C=O) groups is 1. The quantitative estimate of drug-likeness (QED) is 0.664. The van der Waals surface area contributed by atoms with Crippen molar-refractivity contribution in [2.24, 2.45) is 10.7 Å². The number of amidine groups is 1. The molecule has 2 heterocycles. The first kappa shape index (κ1) is 22.4. The maximum absolute atomic E-state index is 14.9. The number of alkyl halides is 2. The van der Waals surface area contributed by atoms with E-state index >= 15 is 0 Å². The molecule has 1 unspecified atom stereocenters. The van der Waals surface area contributed by atoms with E-state index in [1.165, 1.54) is 36.5 Å². The Kier molecular flexibility index (Phi) is 5.56. The molecule has 1 atom stereocenters. The second kappa shape index (κ2) is 7.95. The van der Waals surface area contributed by atoms with E-state index in [0.29, 0.717) is 10.7 Å². The Balaban J connectivity index is 1.61. The van der Waals surface area contributed by atoms with Crippen molar-refractivity contribution in [2.75, 3.05) is 5.32 Å². The van der Waals surface area contributed by atoms with Gasteiger partial charge in [0.2, 0.25) is 5.92 Å². The van der Waals surface area contributed by atoms with Crippen molar-refractivity contribution >= 4 is 29.2 Å². The van der Waals surface area contributed by atoms with Gasteiger partial charge in [-0.1, -0.05) is 11.6 Å². The van der Waals surface area contributed by atoms with Gasteiger partial charge in [0.15, 0.2) is 0 Å². The molecule has 2 aliphatic rings. The van der Waals surface area contributed by atoms with Crippen LogP contribution in [0.25, 0.3) is 0 Å². The van der Waals surface area contributed by atoms with Crippen LogP contribution in [0.5, 0.6) is 0 Å². The van der Waals surface area contributed by atoms with Crippen LogP contribution >= 0.6 is 11.6 Å². The number of nitrogens with zero attached hydrogens (tertiary/aromatic N) is 2. The molecule has 0 saturated heterocycles. The molecule has 1 saturated carbocycles. The summed E-state index contributed by atoms with van der Waals surface area (Å²) < 4.78 is 48.1.